The second-order valence-electron chi connectivity index (χ2n) is 3.61. The average Bonchev–Trinajstić information content (AvgIpc) is 2.73. The molecule has 5 heteroatoms. The molecule has 0 amide bonds. The van der Waals surface area contributed by atoms with Crippen molar-refractivity contribution in [1.82, 2.24) is 9.97 Å². The Bertz CT molecular complexity index is 491. The summed E-state index contributed by atoms with van der Waals surface area (Å²) in [5.74, 6) is -0.450. The van der Waals surface area contributed by atoms with Crippen molar-refractivity contribution < 1.29 is 9.53 Å². The van der Waals surface area contributed by atoms with Crippen molar-refractivity contribution in [2.24, 2.45) is 0 Å². The summed E-state index contributed by atoms with van der Waals surface area (Å²) in [6.07, 6.45) is 4.15. The molecule has 2 rings (SSSR count). The van der Waals surface area contributed by atoms with E-state index in [0.29, 0.717) is 13.0 Å². The lowest BCUT2D eigenvalue weighted by molar-refractivity contribution is -0.145. The van der Waals surface area contributed by atoms with Crippen molar-refractivity contribution in [2.45, 2.75) is 26.2 Å². The minimum absolute atomic E-state index is 0.193. The first-order chi connectivity index (χ1) is 8.26. The fourth-order valence-corrected chi connectivity index (χ4v) is 2.74. The summed E-state index contributed by atoms with van der Waals surface area (Å²) in [5, 5.41) is 0.814. The Balaban J connectivity index is 2.33. The molecule has 0 aliphatic heterocycles. The molecular formula is C12H14N2O2S. The molecule has 2 heterocycles. The monoisotopic (exact) mass is 250 g/mol. The number of hydrogen-bond acceptors (Lipinski definition) is 5. The van der Waals surface area contributed by atoms with Crippen LogP contribution in [0, 0.1) is 0 Å². The molecule has 0 fully saturated rings. The molecule has 17 heavy (non-hydrogen) atoms. The van der Waals surface area contributed by atoms with Crippen molar-refractivity contribution in [3.63, 3.8) is 0 Å². The first-order valence-electron chi connectivity index (χ1n) is 5.63. The number of pyridine rings is 1. The van der Waals surface area contributed by atoms with Gasteiger partial charge in [-0.1, -0.05) is 6.92 Å². The fraction of sp³-hybridized carbons (Fsp3) is 0.417. The molecule has 0 N–H and O–H groups in total. The molecule has 1 atom stereocenters. The van der Waals surface area contributed by atoms with Crippen molar-refractivity contribution in [2.75, 3.05) is 6.61 Å². The Hall–Kier alpha value is -1.49. The van der Waals surface area contributed by atoms with E-state index in [1.165, 1.54) is 11.3 Å². The van der Waals surface area contributed by atoms with E-state index in [4.69, 9.17) is 4.74 Å². The van der Waals surface area contributed by atoms with Crippen molar-refractivity contribution >= 4 is 27.5 Å². The SMILES string of the molecule is CCOC(=O)C(CC)c1nc2cnccc2s1. The fourth-order valence-electron chi connectivity index (χ4n) is 1.63. The van der Waals surface area contributed by atoms with Gasteiger partial charge in [0.25, 0.3) is 0 Å². The van der Waals surface area contributed by atoms with Crippen LogP contribution in [0.1, 0.15) is 31.2 Å². The molecule has 1 unspecified atom stereocenters. The number of ether oxygens (including phenoxy) is 1. The van der Waals surface area contributed by atoms with E-state index in [-0.39, 0.29) is 11.9 Å². The molecule has 0 saturated heterocycles. The minimum atomic E-state index is -0.257. The zero-order chi connectivity index (χ0) is 12.3. The molecule has 0 saturated carbocycles. The summed E-state index contributed by atoms with van der Waals surface area (Å²) in [7, 11) is 0. The van der Waals surface area contributed by atoms with E-state index in [1.807, 2.05) is 19.9 Å². The smallest absolute Gasteiger partial charge is 0.315 e. The lowest BCUT2D eigenvalue weighted by Gasteiger charge is -2.09. The Labute approximate surface area is 104 Å². The Kier molecular flexibility index (Phi) is 3.68. The van der Waals surface area contributed by atoms with E-state index in [1.54, 1.807) is 12.4 Å². The number of hydrogen-bond donors (Lipinski definition) is 0. The predicted octanol–water partition coefficient (Wildman–Crippen LogP) is 2.75. The highest BCUT2D eigenvalue weighted by Gasteiger charge is 2.23. The number of carbonyl (C=O) groups is 1. The van der Waals surface area contributed by atoms with Gasteiger partial charge < -0.3 is 4.74 Å². The van der Waals surface area contributed by atoms with Crippen LogP contribution in [-0.2, 0) is 9.53 Å². The lowest BCUT2D eigenvalue weighted by atomic mass is 10.1. The lowest BCUT2D eigenvalue weighted by Crippen LogP contribution is -2.15. The van der Waals surface area contributed by atoms with Crippen molar-refractivity contribution in [3.8, 4) is 0 Å². The minimum Gasteiger partial charge on any atom is -0.465 e. The van der Waals surface area contributed by atoms with E-state index in [2.05, 4.69) is 9.97 Å². The number of aromatic nitrogens is 2. The van der Waals surface area contributed by atoms with Crippen LogP contribution in [0.2, 0.25) is 0 Å². The molecule has 0 aromatic carbocycles. The summed E-state index contributed by atoms with van der Waals surface area (Å²) >= 11 is 1.53. The highest BCUT2D eigenvalue weighted by atomic mass is 32.1. The van der Waals surface area contributed by atoms with Crippen LogP contribution in [0.3, 0.4) is 0 Å². The maximum Gasteiger partial charge on any atom is 0.315 e. The molecule has 0 bridgehead atoms. The molecule has 0 aliphatic rings. The second-order valence-corrected chi connectivity index (χ2v) is 4.67. The van der Waals surface area contributed by atoms with Crippen LogP contribution in [0.5, 0.6) is 0 Å². The largest absolute Gasteiger partial charge is 0.465 e. The first-order valence-corrected chi connectivity index (χ1v) is 6.45. The third-order valence-corrected chi connectivity index (χ3v) is 3.63. The van der Waals surface area contributed by atoms with Crippen molar-refractivity contribution in [3.05, 3.63) is 23.5 Å². The summed E-state index contributed by atoms with van der Waals surface area (Å²) < 4.78 is 6.11. The summed E-state index contributed by atoms with van der Waals surface area (Å²) in [6, 6.07) is 1.91. The van der Waals surface area contributed by atoms with E-state index < -0.39 is 0 Å². The second kappa shape index (κ2) is 5.23. The van der Waals surface area contributed by atoms with Gasteiger partial charge in [0, 0.05) is 6.20 Å². The van der Waals surface area contributed by atoms with Gasteiger partial charge in [-0.25, -0.2) is 4.98 Å². The third kappa shape index (κ3) is 2.44. The standard InChI is InChI=1S/C12H14N2O2S/c1-3-8(12(15)16-4-2)11-14-9-7-13-6-5-10(9)17-11/h5-8H,3-4H2,1-2H3. The number of fused-ring (bicyclic) bond motifs is 1. The van der Waals surface area contributed by atoms with Gasteiger partial charge in [-0.15, -0.1) is 11.3 Å². The molecule has 0 radical (unpaired) electrons. The highest BCUT2D eigenvalue weighted by Crippen LogP contribution is 2.29. The normalized spacial score (nSPS) is 12.6. The summed E-state index contributed by atoms with van der Waals surface area (Å²) in [4.78, 5) is 20.2. The Morgan fingerprint density at radius 1 is 1.53 bits per heavy atom. The van der Waals surface area contributed by atoms with E-state index in [0.717, 1.165) is 15.2 Å². The molecule has 2 aromatic rings. The number of rotatable bonds is 4. The van der Waals surface area contributed by atoms with Gasteiger partial charge in [0.15, 0.2) is 0 Å². The number of esters is 1. The van der Waals surface area contributed by atoms with Crippen LogP contribution in [-0.4, -0.2) is 22.5 Å². The van der Waals surface area contributed by atoms with Gasteiger partial charge >= 0.3 is 5.97 Å². The topological polar surface area (TPSA) is 52.1 Å². The zero-order valence-electron chi connectivity index (χ0n) is 9.84. The van der Waals surface area contributed by atoms with Gasteiger partial charge in [-0.3, -0.25) is 9.78 Å². The Morgan fingerprint density at radius 2 is 2.35 bits per heavy atom. The van der Waals surface area contributed by atoms with Gasteiger partial charge in [0.1, 0.15) is 10.9 Å². The van der Waals surface area contributed by atoms with E-state index in [9.17, 15) is 4.79 Å². The number of nitrogens with zero attached hydrogens (tertiary/aromatic N) is 2. The van der Waals surface area contributed by atoms with Crippen molar-refractivity contribution in [1.29, 1.82) is 0 Å². The number of carbonyl (C=O) groups excluding carboxylic acids is 1. The van der Waals surface area contributed by atoms with E-state index >= 15 is 0 Å². The molecular weight excluding hydrogens is 236 g/mol. The van der Waals surface area contributed by atoms with Gasteiger partial charge in [0.2, 0.25) is 0 Å². The number of thiazole rings is 1. The van der Waals surface area contributed by atoms with Crippen LogP contribution in [0.25, 0.3) is 10.2 Å². The molecule has 0 aliphatic carbocycles. The maximum atomic E-state index is 11.8. The first kappa shape index (κ1) is 12.0. The molecule has 2 aromatic heterocycles. The maximum absolute atomic E-state index is 11.8. The van der Waals surface area contributed by atoms with Crippen LogP contribution in [0.15, 0.2) is 18.5 Å². The third-order valence-electron chi connectivity index (χ3n) is 2.48. The predicted molar refractivity (Wildman–Crippen MR) is 67.1 cm³/mol. The van der Waals surface area contributed by atoms with Gasteiger partial charge in [0.05, 0.1) is 23.0 Å². The summed E-state index contributed by atoms with van der Waals surface area (Å²) in [6.45, 7) is 4.18. The Morgan fingerprint density at radius 3 is 3.00 bits per heavy atom. The zero-order valence-corrected chi connectivity index (χ0v) is 10.7. The molecule has 4 nitrogen and oxygen atoms in total. The molecule has 0 spiro atoms. The van der Waals surface area contributed by atoms with Crippen LogP contribution < -0.4 is 0 Å². The average molecular weight is 250 g/mol. The van der Waals surface area contributed by atoms with Gasteiger partial charge in [-0.2, -0.15) is 0 Å². The van der Waals surface area contributed by atoms with Crippen LogP contribution in [0.4, 0.5) is 0 Å². The van der Waals surface area contributed by atoms with Crippen LogP contribution >= 0.6 is 11.3 Å². The highest BCUT2D eigenvalue weighted by molar-refractivity contribution is 7.18. The summed E-state index contributed by atoms with van der Waals surface area (Å²) in [5.41, 5.74) is 0.843. The molecule has 90 valence electrons. The van der Waals surface area contributed by atoms with Gasteiger partial charge in [-0.05, 0) is 19.4 Å². The quantitative estimate of drug-likeness (QED) is 0.783.